The molecule has 0 fully saturated rings. The van der Waals surface area contributed by atoms with Gasteiger partial charge >= 0.3 is 0 Å². The fourth-order valence-corrected chi connectivity index (χ4v) is 4.93. The highest BCUT2D eigenvalue weighted by Crippen LogP contribution is 2.38. The number of hydrogen-bond acceptors (Lipinski definition) is 5. The molecule has 0 atom stereocenters. The van der Waals surface area contributed by atoms with Crippen molar-refractivity contribution < 1.29 is 19.0 Å². The van der Waals surface area contributed by atoms with Gasteiger partial charge in [-0.05, 0) is 30.7 Å². The zero-order chi connectivity index (χ0) is 27.2. The smallest absolute Gasteiger partial charge is 0.251 e. The summed E-state index contributed by atoms with van der Waals surface area (Å²) in [6.45, 7) is 3.70. The summed E-state index contributed by atoms with van der Waals surface area (Å²) in [6.07, 6.45) is 13.8. The van der Waals surface area contributed by atoms with E-state index in [-0.39, 0.29) is 5.91 Å². The van der Waals surface area contributed by atoms with Crippen molar-refractivity contribution in [1.29, 1.82) is 0 Å². The van der Waals surface area contributed by atoms with E-state index in [9.17, 15) is 4.79 Å². The van der Waals surface area contributed by atoms with Gasteiger partial charge in [0.2, 0.25) is 5.75 Å². The Morgan fingerprint density at radius 3 is 2.05 bits per heavy atom. The molecule has 2 aromatic carbocycles. The second-order valence-corrected chi connectivity index (χ2v) is 9.77. The average Bonchev–Trinajstić information content (AvgIpc) is 3.30. The van der Waals surface area contributed by atoms with Gasteiger partial charge in [0.1, 0.15) is 5.82 Å². The number of nitrogens with zero attached hydrogens (tertiary/aromatic N) is 2. The van der Waals surface area contributed by atoms with Crippen LogP contribution in [0.25, 0.3) is 11.0 Å². The van der Waals surface area contributed by atoms with Crippen LogP contribution >= 0.6 is 0 Å². The van der Waals surface area contributed by atoms with Gasteiger partial charge < -0.3 is 24.1 Å². The van der Waals surface area contributed by atoms with Crippen molar-refractivity contribution in [3.63, 3.8) is 0 Å². The number of methoxy groups -OCH3 is 3. The fourth-order valence-electron chi connectivity index (χ4n) is 4.93. The Bertz CT molecular complexity index is 1120. The Morgan fingerprint density at radius 2 is 1.45 bits per heavy atom. The van der Waals surface area contributed by atoms with Crippen LogP contribution in [0.4, 0.5) is 0 Å². The lowest BCUT2D eigenvalue weighted by atomic mass is 10.1. The predicted octanol–water partition coefficient (Wildman–Crippen LogP) is 6.96. The van der Waals surface area contributed by atoms with Gasteiger partial charge in [-0.3, -0.25) is 4.79 Å². The van der Waals surface area contributed by atoms with Crippen LogP contribution in [0.15, 0.2) is 36.4 Å². The van der Waals surface area contributed by atoms with E-state index in [2.05, 4.69) is 35.0 Å². The summed E-state index contributed by atoms with van der Waals surface area (Å²) in [7, 11) is 4.62. The number of hydrogen-bond donors (Lipinski definition) is 1. The van der Waals surface area contributed by atoms with E-state index in [1.165, 1.54) is 72.0 Å². The quantitative estimate of drug-likeness (QED) is 0.183. The first-order chi connectivity index (χ1) is 18.6. The van der Waals surface area contributed by atoms with E-state index in [1.807, 2.05) is 6.07 Å². The summed E-state index contributed by atoms with van der Waals surface area (Å²) in [5.41, 5.74) is 2.62. The van der Waals surface area contributed by atoms with E-state index in [4.69, 9.17) is 19.2 Å². The molecule has 7 heteroatoms. The number of aromatic nitrogens is 2. The van der Waals surface area contributed by atoms with Crippen molar-refractivity contribution in [1.82, 2.24) is 14.9 Å². The summed E-state index contributed by atoms with van der Waals surface area (Å²) in [5, 5.41) is 3.02. The Morgan fingerprint density at radius 1 is 0.842 bits per heavy atom. The predicted molar refractivity (Wildman–Crippen MR) is 154 cm³/mol. The minimum absolute atomic E-state index is 0.193. The van der Waals surface area contributed by atoms with Crippen molar-refractivity contribution in [2.45, 2.75) is 84.1 Å². The highest BCUT2D eigenvalue weighted by molar-refractivity contribution is 5.95. The van der Waals surface area contributed by atoms with Crippen LogP contribution in [-0.2, 0) is 13.0 Å². The molecule has 1 amide bonds. The molecule has 0 radical (unpaired) electrons. The SMILES string of the molecule is CCCCCCCCCCCCn1c(CCNC(=O)c2cc(OC)c(OC)c(OC)c2)nc2ccccc21. The number of benzene rings is 2. The third kappa shape index (κ3) is 8.14. The molecule has 0 saturated heterocycles. The fraction of sp³-hybridized carbons (Fsp3) is 0.548. The van der Waals surface area contributed by atoms with Crippen LogP contribution in [0.3, 0.4) is 0 Å². The second-order valence-electron chi connectivity index (χ2n) is 9.77. The maximum absolute atomic E-state index is 12.9. The Kier molecular flexibility index (Phi) is 12.3. The molecule has 38 heavy (non-hydrogen) atoms. The summed E-state index contributed by atoms with van der Waals surface area (Å²) < 4.78 is 18.4. The number of rotatable bonds is 18. The number of amides is 1. The molecule has 0 spiro atoms. The largest absolute Gasteiger partial charge is 0.493 e. The van der Waals surface area contributed by atoms with Gasteiger partial charge in [0, 0.05) is 25.1 Å². The lowest BCUT2D eigenvalue weighted by molar-refractivity contribution is 0.0953. The normalized spacial score (nSPS) is 11.1. The molecule has 3 rings (SSSR count). The molecular formula is C31H45N3O4. The first kappa shape index (κ1) is 29.3. The minimum Gasteiger partial charge on any atom is -0.493 e. The molecule has 1 heterocycles. The molecular weight excluding hydrogens is 478 g/mol. The van der Waals surface area contributed by atoms with Gasteiger partial charge in [-0.1, -0.05) is 76.8 Å². The van der Waals surface area contributed by atoms with Crippen LogP contribution in [0.2, 0.25) is 0 Å². The number of carbonyl (C=O) groups is 1. The van der Waals surface area contributed by atoms with Crippen molar-refractivity contribution in [2.75, 3.05) is 27.9 Å². The van der Waals surface area contributed by atoms with Gasteiger partial charge in [-0.25, -0.2) is 4.98 Å². The van der Waals surface area contributed by atoms with Crippen LogP contribution in [0, 0.1) is 0 Å². The van der Waals surface area contributed by atoms with Gasteiger partial charge in [0.25, 0.3) is 5.91 Å². The van der Waals surface area contributed by atoms with Gasteiger partial charge in [-0.15, -0.1) is 0 Å². The molecule has 1 N–H and O–H groups in total. The highest BCUT2D eigenvalue weighted by Gasteiger charge is 2.17. The molecule has 0 unspecified atom stereocenters. The van der Waals surface area contributed by atoms with Crippen molar-refractivity contribution in [2.24, 2.45) is 0 Å². The number of aryl methyl sites for hydroxylation is 1. The lowest BCUT2D eigenvalue weighted by Gasteiger charge is -2.14. The van der Waals surface area contributed by atoms with Gasteiger partial charge in [-0.2, -0.15) is 0 Å². The molecule has 208 valence electrons. The van der Waals surface area contributed by atoms with Crippen LogP contribution < -0.4 is 19.5 Å². The first-order valence-electron chi connectivity index (χ1n) is 14.1. The zero-order valence-electron chi connectivity index (χ0n) is 23.7. The van der Waals surface area contributed by atoms with Crippen molar-refractivity contribution in [3.05, 3.63) is 47.8 Å². The third-order valence-corrected chi connectivity index (χ3v) is 7.03. The molecule has 0 aliphatic heterocycles. The third-order valence-electron chi connectivity index (χ3n) is 7.03. The molecule has 0 saturated carbocycles. The average molecular weight is 524 g/mol. The van der Waals surface area contributed by atoms with E-state index in [0.29, 0.717) is 35.8 Å². The molecule has 0 aliphatic carbocycles. The molecule has 3 aromatic rings. The van der Waals surface area contributed by atoms with Gasteiger partial charge in [0.05, 0.1) is 32.4 Å². The number of nitrogens with one attached hydrogen (secondary N) is 1. The standard InChI is InChI=1S/C31H45N3O4/c1-5-6-7-8-9-10-11-12-13-16-21-34-26-18-15-14-17-25(26)33-29(34)19-20-32-31(35)24-22-27(36-2)30(38-4)28(23-24)37-3/h14-15,17-18,22-23H,5-13,16,19-21H2,1-4H3,(H,32,35). The molecule has 0 bridgehead atoms. The first-order valence-corrected chi connectivity index (χ1v) is 14.1. The lowest BCUT2D eigenvalue weighted by Crippen LogP contribution is -2.26. The van der Waals surface area contributed by atoms with Crippen LogP contribution in [-0.4, -0.2) is 43.3 Å². The van der Waals surface area contributed by atoms with Crippen molar-refractivity contribution in [3.8, 4) is 17.2 Å². The molecule has 7 nitrogen and oxygen atoms in total. The Labute approximate surface area is 227 Å². The van der Waals surface area contributed by atoms with Gasteiger partial charge in [0.15, 0.2) is 11.5 Å². The van der Waals surface area contributed by atoms with E-state index in [0.717, 1.165) is 29.8 Å². The van der Waals surface area contributed by atoms with E-state index in [1.54, 1.807) is 19.2 Å². The van der Waals surface area contributed by atoms with E-state index < -0.39 is 0 Å². The number of carbonyl (C=O) groups excluding carboxylic acids is 1. The maximum Gasteiger partial charge on any atom is 0.251 e. The summed E-state index contributed by atoms with van der Waals surface area (Å²) in [6, 6.07) is 11.6. The van der Waals surface area contributed by atoms with Crippen molar-refractivity contribution >= 4 is 16.9 Å². The van der Waals surface area contributed by atoms with Crippen LogP contribution in [0.5, 0.6) is 17.2 Å². The Balaban J connectivity index is 1.54. The second kappa shape index (κ2) is 15.9. The summed E-state index contributed by atoms with van der Waals surface area (Å²) in [5.74, 6) is 2.19. The van der Waals surface area contributed by atoms with Crippen LogP contribution in [0.1, 0.15) is 87.3 Å². The molecule has 0 aliphatic rings. The maximum atomic E-state index is 12.9. The number of imidazole rings is 1. The zero-order valence-corrected chi connectivity index (χ0v) is 23.7. The monoisotopic (exact) mass is 523 g/mol. The molecule has 1 aromatic heterocycles. The summed E-state index contributed by atoms with van der Waals surface area (Å²) in [4.78, 5) is 17.8. The number of ether oxygens (including phenoxy) is 3. The van der Waals surface area contributed by atoms with E-state index >= 15 is 0 Å². The minimum atomic E-state index is -0.193. The number of para-hydroxylation sites is 2. The highest BCUT2D eigenvalue weighted by atomic mass is 16.5. The Hall–Kier alpha value is -3.22. The summed E-state index contributed by atoms with van der Waals surface area (Å²) >= 11 is 0. The topological polar surface area (TPSA) is 74.6 Å². The number of unbranched alkanes of at least 4 members (excludes halogenated alkanes) is 9. The number of fused-ring (bicyclic) bond motifs is 1.